The molecule has 2 aromatic carbocycles. The predicted molar refractivity (Wildman–Crippen MR) is 116 cm³/mol. The van der Waals surface area contributed by atoms with E-state index in [1.165, 1.54) is 9.13 Å². The van der Waals surface area contributed by atoms with Gasteiger partial charge in [0.1, 0.15) is 5.75 Å². The minimum Gasteiger partial charge on any atom is -0.497 e. The summed E-state index contributed by atoms with van der Waals surface area (Å²) in [5, 5.41) is 3.46. The van der Waals surface area contributed by atoms with Gasteiger partial charge in [-0.2, -0.15) is 0 Å². The molecule has 1 aliphatic heterocycles. The third-order valence-corrected chi connectivity index (χ3v) is 7.20. The van der Waals surface area contributed by atoms with Crippen LogP contribution in [0.3, 0.4) is 0 Å². The fourth-order valence-electron chi connectivity index (χ4n) is 3.22. The zero-order valence-electron chi connectivity index (χ0n) is 15.3. The average Bonchev–Trinajstić information content (AvgIpc) is 2.65. The predicted octanol–water partition coefficient (Wildman–Crippen LogP) is 3.67. The Balaban J connectivity index is 1.47. The number of morpholine rings is 1. The molecule has 0 amide bonds. The molecule has 0 saturated carbocycles. The molecule has 7 heteroatoms. The summed E-state index contributed by atoms with van der Waals surface area (Å²) in [7, 11) is -1.70. The van der Waals surface area contributed by atoms with Crippen LogP contribution in [0.5, 0.6) is 5.75 Å². The van der Waals surface area contributed by atoms with Crippen molar-refractivity contribution in [2.45, 2.75) is 24.7 Å². The highest BCUT2D eigenvalue weighted by atomic mass is 127. The van der Waals surface area contributed by atoms with Crippen molar-refractivity contribution in [3.05, 3.63) is 63.2 Å². The fraction of sp³-hybridized carbons (Fsp3) is 0.400. The van der Waals surface area contributed by atoms with Crippen LogP contribution >= 0.6 is 30.0 Å². The molecule has 0 aromatic heterocycles. The van der Waals surface area contributed by atoms with E-state index < -0.39 is 7.37 Å². The highest BCUT2D eigenvalue weighted by Crippen LogP contribution is 2.45. The maximum absolute atomic E-state index is 12.6. The molecule has 3 rings (SSSR count). The second-order valence-corrected chi connectivity index (χ2v) is 10.5. The lowest BCUT2D eigenvalue weighted by molar-refractivity contribution is 0.0162. The highest BCUT2D eigenvalue weighted by Gasteiger charge is 2.29. The summed E-state index contributed by atoms with van der Waals surface area (Å²) in [6.45, 7) is 1.15. The minimum absolute atomic E-state index is 0.156. The first-order valence-electron chi connectivity index (χ1n) is 8.97. The van der Waals surface area contributed by atoms with E-state index in [2.05, 4.69) is 52.2 Å². The van der Waals surface area contributed by atoms with E-state index in [9.17, 15) is 9.46 Å². The van der Waals surface area contributed by atoms with Gasteiger partial charge < -0.3 is 19.7 Å². The van der Waals surface area contributed by atoms with Crippen molar-refractivity contribution in [1.29, 1.82) is 0 Å². The van der Waals surface area contributed by atoms with Gasteiger partial charge >= 0.3 is 0 Å². The van der Waals surface area contributed by atoms with Gasteiger partial charge in [0.05, 0.1) is 26.0 Å². The van der Waals surface area contributed by atoms with Gasteiger partial charge in [-0.1, -0.05) is 24.3 Å². The standard InChI is InChI=1S/C20H25INO4P/c1-25-19-8-4-16(5-9-19)13-27(23,24)14-20-11-22-18(12-26-20)10-15-2-6-17(21)7-3-15/h2-9,18,20,22H,10-14H2,1H3,(H,23,24)/t18-,20+/m0/s1. The van der Waals surface area contributed by atoms with Crippen LogP contribution in [0.1, 0.15) is 11.1 Å². The summed E-state index contributed by atoms with van der Waals surface area (Å²) >= 11 is 2.30. The van der Waals surface area contributed by atoms with Crippen molar-refractivity contribution in [2.75, 3.05) is 26.4 Å². The number of benzene rings is 2. The molecular weight excluding hydrogens is 476 g/mol. The first kappa shape index (κ1) is 20.8. The Kier molecular flexibility index (Phi) is 7.34. The molecular formula is C20H25INO4P. The van der Waals surface area contributed by atoms with Crippen molar-refractivity contribution >= 4 is 30.0 Å². The molecule has 27 heavy (non-hydrogen) atoms. The van der Waals surface area contributed by atoms with Crippen molar-refractivity contribution < 1.29 is 18.9 Å². The third-order valence-electron chi connectivity index (χ3n) is 4.64. The van der Waals surface area contributed by atoms with Gasteiger partial charge in [-0.3, -0.25) is 4.57 Å². The molecule has 0 aliphatic carbocycles. The van der Waals surface area contributed by atoms with Gasteiger partial charge in [0.2, 0.25) is 7.37 Å². The van der Waals surface area contributed by atoms with Crippen LogP contribution in [0.4, 0.5) is 0 Å². The maximum Gasteiger partial charge on any atom is 0.207 e. The molecule has 0 bridgehead atoms. The number of halogens is 1. The minimum atomic E-state index is -3.30. The molecule has 146 valence electrons. The van der Waals surface area contributed by atoms with E-state index in [-0.39, 0.29) is 24.5 Å². The van der Waals surface area contributed by atoms with Gasteiger partial charge in [0.25, 0.3) is 0 Å². The Hall–Kier alpha value is -0.920. The number of rotatable bonds is 7. The summed E-state index contributed by atoms with van der Waals surface area (Å²) < 4.78 is 24.8. The Morgan fingerprint density at radius 2 is 1.85 bits per heavy atom. The molecule has 0 radical (unpaired) electrons. The molecule has 1 aliphatic rings. The Bertz CT molecular complexity index is 774. The lowest BCUT2D eigenvalue weighted by Crippen LogP contribution is -2.48. The smallest absolute Gasteiger partial charge is 0.207 e. The lowest BCUT2D eigenvalue weighted by Gasteiger charge is -2.31. The topological polar surface area (TPSA) is 67.8 Å². The number of ether oxygens (including phenoxy) is 2. The van der Waals surface area contributed by atoms with E-state index in [0.29, 0.717) is 13.2 Å². The number of hydrogen-bond acceptors (Lipinski definition) is 4. The van der Waals surface area contributed by atoms with Crippen LogP contribution in [0.25, 0.3) is 0 Å². The van der Waals surface area contributed by atoms with Gasteiger partial charge in [-0.15, -0.1) is 0 Å². The molecule has 5 nitrogen and oxygen atoms in total. The SMILES string of the molecule is COc1ccc(CP(=O)(O)C[C@H]2CN[C@@H](Cc3ccc(I)cc3)CO2)cc1. The quantitative estimate of drug-likeness (QED) is 0.448. The first-order valence-corrected chi connectivity index (χ1v) is 12.1. The molecule has 2 N–H and O–H groups in total. The lowest BCUT2D eigenvalue weighted by atomic mass is 10.1. The molecule has 2 aromatic rings. The largest absolute Gasteiger partial charge is 0.497 e. The van der Waals surface area contributed by atoms with Gasteiger partial charge in [0, 0.05) is 22.3 Å². The summed E-state index contributed by atoms with van der Waals surface area (Å²) in [4.78, 5) is 10.4. The van der Waals surface area contributed by atoms with Crippen LogP contribution in [0.2, 0.25) is 0 Å². The zero-order chi connectivity index (χ0) is 19.3. The maximum atomic E-state index is 12.6. The van der Waals surface area contributed by atoms with Crippen molar-refractivity contribution in [2.24, 2.45) is 0 Å². The highest BCUT2D eigenvalue weighted by molar-refractivity contribution is 14.1. The van der Waals surface area contributed by atoms with Gasteiger partial charge in [0.15, 0.2) is 0 Å². The Morgan fingerprint density at radius 1 is 1.19 bits per heavy atom. The van der Waals surface area contributed by atoms with Crippen molar-refractivity contribution in [3.8, 4) is 5.75 Å². The summed E-state index contributed by atoms with van der Waals surface area (Å²) in [5.74, 6) is 0.741. The Morgan fingerprint density at radius 3 is 2.44 bits per heavy atom. The van der Waals surface area contributed by atoms with Gasteiger partial charge in [-0.05, 0) is 64.4 Å². The summed E-state index contributed by atoms with van der Waals surface area (Å²) in [6, 6.07) is 16.0. The van der Waals surface area contributed by atoms with E-state index in [1.54, 1.807) is 7.11 Å². The van der Waals surface area contributed by atoms with Crippen molar-refractivity contribution in [1.82, 2.24) is 5.32 Å². The van der Waals surface area contributed by atoms with Gasteiger partial charge in [-0.25, -0.2) is 0 Å². The van der Waals surface area contributed by atoms with E-state index >= 15 is 0 Å². The van der Waals surface area contributed by atoms with E-state index in [1.807, 2.05) is 24.3 Å². The Labute approximate surface area is 174 Å². The monoisotopic (exact) mass is 501 g/mol. The first-order chi connectivity index (χ1) is 12.9. The van der Waals surface area contributed by atoms with Crippen molar-refractivity contribution in [3.63, 3.8) is 0 Å². The summed E-state index contributed by atoms with van der Waals surface area (Å²) in [5.41, 5.74) is 2.10. The normalized spacial score (nSPS) is 22.2. The molecule has 1 unspecified atom stereocenters. The van der Waals surface area contributed by atoms with Crippen LogP contribution in [-0.2, 0) is 21.9 Å². The summed E-state index contributed by atoms with van der Waals surface area (Å²) in [6.07, 6.45) is 0.990. The zero-order valence-corrected chi connectivity index (χ0v) is 18.4. The van der Waals surface area contributed by atoms with Crippen LogP contribution < -0.4 is 10.1 Å². The fourth-order valence-corrected chi connectivity index (χ4v) is 5.36. The number of methoxy groups -OCH3 is 1. The second kappa shape index (κ2) is 9.52. The third kappa shape index (κ3) is 6.57. The van der Waals surface area contributed by atoms with E-state index in [0.717, 1.165) is 17.7 Å². The number of nitrogens with one attached hydrogen (secondary N) is 1. The molecule has 3 atom stereocenters. The number of hydrogen-bond donors (Lipinski definition) is 2. The van der Waals surface area contributed by atoms with Crippen LogP contribution in [-0.4, -0.2) is 43.5 Å². The van der Waals surface area contributed by atoms with E-state index in [4.69, 9.17) is 9.47 Å². The average molecular weight is 501 g/mol. The molecule has 1 heterocycles. The molecule has 1 saturated heterocycles. The molecule has 0 spiro atoms. The molecule has 1 fully saturated rings. The van der Waals surface area contributed by atoms with Crippen LogP contribution in [0.15, 0.2) is 48.5 Å². The van der Waals surface area contributed by atoms with Crippen LogP contribution in [0, 0.1) is 3.57 Å². The second-order valence-electron chi connectivity index (χ2n) is 6.93.